The molecule has 0 radical (unpaired) electrons. The van der Waals surface area contributed by atoms with Gasteiger partial charge in [0.05, 0.1) is 0 Å². The Labute approximate surface area is 110 Å². The Morgan fingerprint density at radius 3 is 2.74 bits per heavy atom. The minimum atomic E-state index is -0.860. The summed E-state index contributed by atoms with van der Waals surface area (Å²) < 4.78 is 0. The van der Waals surface area contributed by atoms with Crippen molar-refractivity contribution in [3.8, 4) is 11.4 Å². The smallest absolute Gasteiger partial charge is 0.407 e. The van der Waals surface area contributed by atoms with Crippen molar-refractivity contribution in [1.29, 1.82) is 0 Å². The molecule has 0 aliphatic carbocycles. The molecule has 0 fully saturated rings. The summed E-state index contributed by atoms with van der Waals surface area (Å²) in [5, 5.41) is 9.00. The van der Waals surface area contributed by atoms with Crippen LogP contribution in [0, 0.1) is 0 Å². The van der Waals surface area contributed by atoms with Crippen LogP contribution in [0.25, 0.3) is 11.4 Å². The summed E-state index contributed by atoms with van der Waals surface area (Å²) in [6.45, 7) is 1.00. The minimum Gasteiger partial charge on any atom is -0.465 e. The lowest BCUT2D eigenvalue weighted by Crippen LogP contribution is -2.34. The zero-order valence-corrected chi connectivity index (χ0v) is 10.3. The molecule has 0 unspecified atom stereocenters. The van der Waals surface area contributed by atoms with Gasteiger partial charge >= 0.3 is 6.09 Å². The van der Waals surface area contributed by atoms with Crippen LogP contribution in [0.2, 0.25) is 0 Å². The molecule has 1 N–H and O–H groups in total. The van der Waals surface area contributed by atoms with E-state index >= 15 is 0 Å². The Morgan fingerprint density at radius 2 is 2.00 bits per heavy atom. The second kappa shape index (κ2) is 4.68. The highest BCUT2D eigenvalue weighted by Crippen LogP contribution is 2.24. The molecule has 0 spiro atoms. The van der Waals surface area contributed by atoms with E-state index in [9.17, 15) is 4.79 Å². The van der Waals surface area contributed by atoms with Crippen molar-refractivity contribution >= 4 is 6.09 Å². The molecule has 1 amide bonds. The van der Waals surface area contributed by atoms with Gasteiger partial charge in [-0.3, -0.25) is 0 Å². The SMILES string of the molecule is O=C(O)N1CCc2cc(-c3ncccn3)ccc2C1. The van der Waals surface area contributed by atoms with Crippen LogP contribution in [0.5, 0.6) is 0 Å². The van der Waals surface area contributed by atoms with Crippen LogP contribution in [0.15, 0.2) is 36.7 Å². The molecule has 0 atom stereocenters. The number of benzene rings is 1. The lowest BCUT2D eigenvalue weighted by atomic mass is 9.97. The maximum absolute atomic E-state index is 11.0. The van der Waals surface area contributed by atoms with Crippen LogP contribution in [-0.2, 0) is 13.0 Å². The fourth-order valence-corrected chi connectivity index (χ4v) is 2.30. The van der Waals surface area contributed by atoms with Crippen molar-refractivity contribution < 1.29 is 9.90 Å². The van der Waals surface area contributed by atoms with Gasteiger partial charge in [0.15, 0.2) is 5.82 Å². The molecule has 1 aromatic heterocycles. The molecule has 1 aromatic carbocycles. The molecule has 5 heteroatoms. The van der Waals surface area contributed by atoms with E-state index in [0.29, 0.717) is 18.9 Å². The number of fused-ring (bicyclic) bond motifs is 1. The first-order valence-electron chi connectivity index (χ1n) is 6.11. The molecule has 5 nitrogen and oxygen atoms in total. The monoisotopic (exact) mass is 255 g/mol. The second-order valence-electron chi connectivity index (χ2n) is 4.51. The zero-order chi connectivity index (χ0) is 13.2. The first-order valence-corrected chi connectivity index (χ1v) is 6.11. The Hall–Kier alpha value is -2.43. The van der Waals surface area contributed by atoms with E-state index < -0.39 is 6.09 Å². The fourth-order valence-electron chi connectivity index (χ4n) is 2.30. The third-order valence-corrected chi connectivity index (χ3v) is 3.31. The lowest BCUT2D eigenvalue weighted by Gasteiger charge is -2.26. The van der Waals surface area contributed by atoms with Crippen molar-refractivity contribution in [2.45, 2.75) is 13.0 Å². The maximum atomic E-state index is 11.0. The highest BCUT2D eigenvalue weighted by molar-refractivity contribution is 5.66. The number of aromatic nitrogens is 2. The van der Waals surface area contributed by atoms with Crippen molar-refractivity contribution in [2.75, 3.05) is 6.54 Å². The standard InChI is InChI=1S/C14H13N3O2/c18-14(19)17-7-4-10-8-11(2-3-12(10)9-17)13-15-5-1-6-16-13/h1-3,5-6,8H,4,7,9H2,(H,18,19). The third kappa shape index (κ3) is 2.27. The maximum Gasteiger partial charge on any atom is 0.407 e. The van der Waals surface area contributed by atoms with Crippen molar-refractivity contribution in [2.24, 2.45) is 0 Å². The van der Waals surface area contributed by atoms with Gasteiger partial charge in [-0.15, -0.1) is 0 Å². The van der Waals surface area contributed by atoms with Gasteiger partial charge in [0, 0.05) is 31.0 Å². The van der Waals surface area contributed by atoms with Crippen molar-refractivity contribution in [1.82, 2.24) is 14.9 Å². The van der Waals surface area contributed by atoms with E-state index in [1.54, 1.807) is 18.5 Å². The molecule has 0 saturated heterocycles. The summed E-state index contributed by atoms with van der Waals surface area (Å²) in [6, 6.07) is 7.76. The highest BCUT2D eigenvalue weighted by Gasteiger charge is 2.20. The molecular weight excluding hydrogens is 242 g/mol. The number of carbonyl (C=O) groups is 1. The van der Waals surface area contributed by atoms with Crippen LogP contribution >= 0.6 is 0 Å². The van der Waals surface area contributed by atoms with E-state index in [-0.39, 0.29) is 0 Å². The number of hydrogen-bond donors (Lipinski definition) is 1. The molecule has 1 aliphatic heterocycles. The summed E-state index contributed by atoms with van der Waals surface area (Å²) in [4.78, 5) is 20.8. The Balaban J connectivity index is 1.92. The van der Waals surface area contributed by atoms with Gasteiger partial charge in [-0.05, 0) is 29.7 Å². The number of carboxylic acid groups (broad SMARTS) is 1. The third-order valence-electron chi connectivity index (χ3n) is 3.31. The summed E-state index contributed by atoms with van der Waals surface area (Å²) in [5.74, 6) is 0.700. The fraction of sp³-hybridized carbons (Fsp3) is 0.214. The quantitative estimate of drug-likeness (QED) is 0.848. The molecule has 2 heterocycles. The molecule has 0 bridgehead atoms. The summed E-state index contributed by atoms with van der Waals surface area (Å²) in [6.07, 6.45) is 3.31. The first kappa shape index (κ1) is 11.6. The van der Waals surface area contributed by atoms with Gasteiger partial charge in [-0.1, -0.05) is 12.1 Å². The summed E-state index contributed by atoms with van der Waals surface area (Å²) in [5.41, 5.74) is 3.22. The average molecular weight is 255 g/mol. The van der Waals surface area contributed by atoms with E-state index in [4.69, 9.17) is 5.11 Å². The first-order chi connectivity index (χ1) is 9.24. The molecule has 19 heavy (non-hydrogen) atoms. The highest BCUT2D eigenvalue weighted by atomic mass is 16.4. The summed E-state index contributed by atoms with van der Waals surface area (Å²) in [7, 11) is 0. The molecule has 0 saturated carbocycles. The molecule has 1 aliphatic rings. The van der Waals surface area contributed by atoms with E-state index in [0.717, 1.165) is 17.5 Å². The van der Waals surface area contributed by atoms with Gasteiger partial charge in [0.25, 0.3) is 0 Å². The molecule has 2 aromatic rings. The van der Waals surface area contributed by atoms with Gasteiger partial charge in [-0.2, -0.15) is 0 Å². The normalized spacial score (nSPS) is 14.0. The van der Waals surface area contributed by atoms with Crippen LogP contribution < -0.4 is 0 Å². The van der Waals surface area contributed by atoms with Crippen LogP contribution in [0.3, 0.4) is 0 Å². The van der Waals surface area contributed by atoms with Crippen LogP contribution in [0.4, 0.5) is 4.79 Å². The Kier molecular flexibility index (Phi) is 2.87. The van der Waals surface area contributed by atoms with Crippen LogP contribution in [-0.4, -0.2) is 32.6 Å². The number of rotatable bonds is 1. The average Bonchev–Trinajstić information content (AvgIpc) is 2.47. The van der Waals surface area contributed by atoms with Gasteiger partial charge in [0.1, 0.15) is 0 Å². The number of nitrogens with zero attached hydrogens (tertiary/aromatic N) is 3. The van der Waals surface area contributed by atoms with Gasteiger partial charge in [0.2, 0.25) is 0 Å². The predicted molar refractivity (Wildman–Crippen MR) is 69.6 cm³/mol. The molecule has 96 valence electrons. The predicted octanol–water partition coefficient (Wildman–Crippen LogP) is 2.18. The Morgan fingerprint density at radius 1 is 1.21 bits per heavy atom. The largest absolute Gasteiger partial charge is 0.465 e. The number of hydrogen-bond acceptors (Lipinski definition) is 3. The van der Waals surface area contributed by atoms with Gasteiger partial charge < -0.3 is 10.0 Å². The molecule has 3 rings (SSSR count). The Bertz CT molecular complexity index is 613. The lowest BCUT2D eigenvalue weighted by molar-refractivity contribution is 0.140. The van der Waals surface area contributed by atoms with E-state index in [1.165, 1.54) is 10.5 Å². The van der Waals surface area contributed by atoms with Crippen molar-refractivity contribution in [3.05, 3.63) is 47.8 Å². The second-order valence-corrected chi connectivity index (χ2v) is 4.51. The summed E-state index contributed by atoms with van der Waals surface area (Å²) >= 11 is 0. The zero-order valence-electron chi connectivity index (χ0n) is 10.3. The van der Waals surface area contributed by atoms with E-state index in [2.05, 4.69) is 16.0 Å². The van der Waals surface area contributed by atoms with E-state index in [1.807, 2.05) is 12.1 Å². The number of amides is 1. The van der Waals surface area contributed by atoms with Crippen LogP contribution in [0.1, 0.15) is 11.1 Å². The topological polar surface area (TPSA) is 66.3 Å². The molecular formula is C14H13N3O2. The van der Waals surface area contributed by atoms with Gasteiger partial charge in [-0.25, -0.2) is 14.8 Å². The van der Waals surface area contributed by atoms with Crippen molar-refractivity contribution in [3.63, 3.8) is 0 Å². The minimum absolute atomic E-state index is 0.459.